The molecule has 3 unspecified atom stereocenters. The Morgan fingerprint density at radius 1 is 1.60 bits per heavy atom. The number of rotatable bonds is 4. The lowest BCUT2D eigenvalue weighted by Crippen LogP contribution is -2.26. The van der Waals surface area contributed by atoms with Gasteiger partial charge in [0, 0.05) is 17.1 Å². The van der Waals surface area contributed by atoms with Gasteiger partial charge in [0.1, 0.15) is 0 Å². The van der Waals surface area contributed by atoms with Crippen molar-refractivity contribution in [2.24, 2.45) is 11.8 Å². The molecule has 0 aromatic carbocycles. The lowest BCUT2D eigenvalue weighted by molar-refractivity contribution is 0.376. The predicted octanol–water partition coefficient (Wildman–Crippen LogP) is 3.23. The first kappa shape index (κ1) is 11.1. The van der Waals surface area contributed by atoms with Crippen molar-refractivity contribution in [3.8, 4) is 0 Å². The molecule has 1 aromatic heterocycles. The van der Waals surface area contributed by atoms with Gasteiger partial charge in [0.15, 0.2) is 0 Å². The van der Waals surface area contributed by atoms with Crippen LogP contribution in [0.4, 0.5) is 0 Å². The molecule has 84 valence electrons. The molecule has 1 N–H and O–H groups in total. The van der Waals surface area contributed by atoms with Crippen LogP contribution in [0.3, 0.4) is 0 Å². The average molecular weight is 224 g/mol. The van der Waals surface area contributed by atoms with E-state index in [4.69, 9.17) is 0 Å². The highest BCUT2D eigenvalue weighted by Gasteiger charge is 2.23. The van der Waals surface area contributed by atoms with Crippen LogP contribution in [-0.2, 0) is 0 Å². The van der Waals surface area contributed by atoms with Crippen LogP contribution in [0.15, 0.2) is 11.7 Å². The Labute approximate surface area is 96.1 Å². The van der Waals surface area contributed by atoms with E-state index < -0.39 is 0 Å². The molecule has 1 aromatic rings. The van der Waals surface area contributed by atoms with Gasteiger partial charge in [-0.15, -0.1) is 11.3 Å². The minimum atomic E-state index is 0.463. The maximum Gasteiger partial charge on any atom is 0.0794 e. The van der Waals surface area contributed by atoms with Gasteiger partial charge in [0.25, 0.3) is 0 Å². The number of nitrogens with zero attached hydrogens (tertiary/aromatic N) is 1. The molecule has 2 rings (SSSR count). The van der Waals surface area contributed by atoms with Gasteiger partial charge in [-0.3, -0.25) is 4.98 Å². The SMILES string of the molecule is CC(NCC1CCCC1C)c1cncs1. The van der Waals surface area contributed by atoms with Crippen molar-refractivity contribution < 1.29 is 0 Å². The van der Waals surface area contributed by atoms with Gasteiger partial charge in [0.2, 0.25) is 0 Å². The molecule has 1 aliphatic carbocycles. The number of hydrogen-bond donors (Lipinski definition) is 1. The molecule has 3 atom stereocenters. The lowest BCUT2D eigenvalue weighted by atomic mass is 9.98. The van der Waals surface area contributed by atoms with Crippen molar-refractivity contribution in [2.45, 2.75) is 39.2 Å². The number of hydrogen-bond acceptors (Lipinski definition) is 3. The molecule has 0 spiro atoms. The molecule has 1 heterocycles. The Morgan fingerprint density at radius 3 is 3.07 bits per heavy atom. The van der Waals surface area contributed by atoms with Crippen molar-refractivity contribution in [1.29, 1.82) is 0 Å². The number of aromatic nitrogens is 1. The summed E-state index contributed by atoms with van der Waals surface area (Å²) >= 11 is 1.74. The second kappa shape index (κ2) is 5.08. The van der Waals surface area contributed by atoms with Crippen LogP contribution >= 0.6 is 11.3 Å². The van der Waals surface area contributed by atoms with Crippen LogP contribution in [0.25, 0.3) is 0 Å². The van der Waals surface area contributed by atoms with E-state index in [-0.39, 0.29) is 0 Å². The van der Waals surface area contributed by atoms with Crippen LogP contribution in [0.5, 0.6) is 0 Å². The summed E-state index contributed by atoms with van der Waals surface area (Å²) in [5, 5.41) is 3.63. The second-order valence-corrected chi connectivity index (χ2v) is 5.62. The third-order valence-corrected chi connectivity index (χ3v) is 4.56. The summed E-state index contributed by atoms with van der Waals surface area (Å²) in [4.78, 5) is 5.46. The van der Waals surface area contributed by atoms with Gasteiger partial charge in [-0.25, -0.2) is 0 Å². The first-order valence-electron chi connectivity index (χ1n) is 5.89. The van der Waals surface area contributed by atoms with Gasteiger partial charge in [0.05, 0.1) is 5.51 Å². The van der Waals surface area contributed by atoms with Gasteiger partial charge in [-0.05, 0) is 31.7 Å². The highest BCUT2D eigenvalue weighted by atomic mass is 32.1. The van der Waals surface area contributed by atoms with E-state index in [0.29, 0.717) is 6.04 Å². The van der Waals surface area contributed by atoms with E-state index in [1.807, 2.05) is 11.7 Å². The van der Waals surface area contributed by atoms with Crippen molar-refractivity contribution in [2.75, 3.05) is 6.54 Å². The summed E-state index contributed by atoms with van der Waals surface area (Å²) in [6, 6.07) is 0.463. The van der Waals surface area contributed by atoms with Crippen molar-refractivity contribution in [3.05, 3.63) is 16.6 Å². The van der Waals surface area contributed by atoms with Crippen LogP contribution in [0, 0.1) is 11.8 Å². The maximum absolute atomic E-state index is 4.12. The van der Waals surface area contributed by atoms with Gasteiger partial charge in [-0.2, -0.15) is 0 Å². The third kappa shape index (κ3) is 2.79. The molecule has 0 bridgehead atoms. The van der Waals surface area contributed by atoms with Crippen molar-refractivity contribution in [1.82, 2.24) is 10.3 Å². The first-order valence-corrected chi connectivity index (χ1v) is 6.77. The fourth-order valence-electron chi connectivity index (χ4n) is 2.39. The highest BCUT2D eigenvalue weighted by molar-refractivity contribution is 7.09. The molecule has 3 heteroatoms. The van der Waals surface area contributed by atoms with Crippen LogP contribution in [0.2, 0.25) is 0 Å². The van der Waals surface area contributed by atoms with Crippen LogP contribution in [0.1, 0.15) is 44.0 Å². The Kier molecular flexibility index (Phi) is 3.76. The molecule has 1 saturated carbocycles. The lowest BCUT2D eigenvalue weighted by Gasteiger charge is -2.19. The second-order valence-electron chi connectivity index (χ2n) is 4.70. The summed E-state index contributed by atoms with van der Waals surface area (Å²) in [6.07, 6.45) is 6.22. The van der Waals surface area contributed by atoms with Crippen LogP contribution < -0.4 is 5.32 Å². The van der Waals surface area contributed by atoms with E-state index in [0.717, 1.165) is 11.8 Å². The molecule has 1 fully saturated rings. The molecular formula is C12H20N2S. The molecule has 2 nitrogen and oxygen atoms in total. The molecular weight excluding hydrogens is 204 g/mol. The van der Waals surface area contributed by atoms with Gasteiger partial charge < -0.3 is 5.32 Å². The monoisotopic (exact) mass is 224 g/mol. The smallest absolute Gasteiger partial charge is 0.0794 e. The molecule has 1 aliphatic rings. The summed E-state index contributed by atoms with van der Waals surface area (Å²) in [6.45, 7) is 5.78. The topological polar surface area (TPSA) is 24.9 Å². The zero-order chi connectivity index (χ0) is 10.7. The molecule has 0 aliphatic heterocycles. The molecule has 0 saturated heterocycles. The van der Waals surface area contributed by atoms with Crippen LogP contribution in [-0.4, -0.2) is 11.5 Å². The largest absolute Gasteiger partial charge is 0.309 e. The van der Waals surface area contributed by atoms with E-state index in [9.17, 15) is 0 Å². The Bertz CT molecular complexity index is 284. The number of thiazole rings is 1. The first-order chi connectivity index (χ1) is 7.27. The van der Waals surface area contributed by atoms with E-state index >= 15 is 0 Å². The fourth-order valence-corrected chi connectivity index (χ4v) is 3.05. The third-order valence-electron chi connectivity index (χ3n) is 3.60. The van der Waals surface area contributed by atoms with Crippen molar-refractivity contribution in [3.63, 3.8) is 0 Å². The van der Waals surface area contributed by atoms with E-state index in [2.05, 4.69) is 24.1 Å². The Hall–Kier alpha value is -0.410. The summed E-state index contributed by atoms with van der Waals surface area (Å²) in [7, 11) is 0. The van der Waals surface area contributed by atoms with E-state index in [1.165, 1.54) is 30.7 Å². The predicted molar refractivity (Wildman–Crippen MR) is 65.0 cm³/mol. The normalized spacial score (nSPS) is 28.1. The van der Waals surface area contributed by atoms with Gasteiger partial charge in [-0.1, -0.05) is 19.8 Å². The fraction of sp³-hybridized carbons (Fsp3) is 0.750. The zero-order valence-corrected chi connectivity index (χ0v) is 10.4. The minimum Gasteiger partial charge on any atom is -0.309 e. The van der Waals surface area contributed by atoms with E-state index in [1.54, 1.807) is 11.3 Å². The Balaban J connectivity index is 1.78. The molecule has 0 radical (unpaired) electrons. The molecule has 0 amide bonds. The summed E-state index contributed by atoms with van der Waals surface area (Å²) in [5.41, 5.74) is 1.91. The zero-order valence-electron chi connectivity index (χ0n) is 9.57. The average Bonchev–Trinajstić information content (AvgIpc) is 2.85. The summed E-state index contributed by atoms with van der Waals surface area (Å²) < 4.78 is 0. The molecule has 15 heavy (non-hydrogen) atoms. The standard InChI is InChI=1S/C12H20N2S/c1-9-4-3-5-11(9)6-14-10(2)12-7-13-8-15-12/h7-11,14H,3-6H2,1-2H3. The van der Waals surface area contributed by atoms with Crippen molar-refractivity contribution >= 4 is 11.3 Å². The highest BCUT2D eigenvalue weighted by Crippen LogP contribution is 2.31. The quantitative estimate of drug-likeness (QED) is 0.849. The Morgan fingerprint density at radius 2 is 2.47 bits per heavy atom. The van der Waals surface area contributed by atoms with Gasteiger partial charge >= 0.3 is 0 Å². The minimum absolute atomic E-state index is 0.463. The summed E-state index contributed by atoms with van der Waals surface area (Å²) in [5.74, 6) is 1.80. The number of nitrogens with one attached hydrogen (secondary N) is 1. The maximum atomic E-state index is 4.12.